The Morgan fingerprint density at radius 1 is 1.57 bits per heavy atom. The molecule has 14 heavy (non-hydrogen) atoms. The predicted octanol–water partition coefficient (Wildman–Crippen LogP) is -0.170. The van der Waals surface area contributed by atoms with Crippen LogP contribution in [-0.4, -0.2) is 45.3 Å². The van der Waals surface area contributed by atoms with Crippen molar-refractivity contribution in [2.45, 2.75) is 13.0 Å². The highest BCUT2D eigenvalue weighted by molar-refractivity contribution is 7.99. The highest BCUT2D eigenvalue weighted by atomic mass is 32.2. The molecule has 0 aliphatic rings. The zero-order chi connectivity index (χ0) is 11.2. The predicted molar refractivity (Wildman–Crippen MR) is 56.8 cm³/mol. The lowest BCUT2D eigenvalue weighted by Crippen LogP contribution is -2.32. The Hall–Kier alpha value is -0.270. The summed E-state index contributed by atoms with van der Waals surface area (Å²) >= 11 is 1.36. The fourth-order valence-corrected chi connectivity index (χ4v) is 1.53. The third kappa shape index (κ3) is 8.33. The minimum atomic E-state index is -3.21. The molecule has 0 bridgehead atoms. The standard InChI is InChI=1S/C7H15NO4S2/c1-6(4-8-14(3,10)11)12-7(9)5-13-2/h6,8H,4-5H2,1-3H3. The van der Waals surface area contributed by atoms with Crippen LogP contribution >= 0.6 is 11.8 Å². The van der Waals surface area contributed by atoms with E-state index in [0.717, 1.165) is 6.26 Å². The summed E-state index contributed by atoms with van der Waals surface area (Å²) in [5.74, 6) is -0.0521. The fraction of sp³-hybridized carbons (Fsp3) is 0.857. The summed E-state index contributed by atoms with van der Waals surface area (Å²) in [6.45, 7) is 1.75. The molecular weight excluding hydrogens is 226 g/mol. The average molecular weight is 241 g/mol. The fourth-order valence-electron chi connectivity index (χ4n) is 0.687. The maximum absolute atomic E-state index is 11.0. The monoisotopic (exact) mass is 241 g/mol. The second kappa shape index (κ2) is 6.26. The first-order chi connectivity index (χ1) is 6.35. The van der Waals surface area contributed by atoms with Gasteiger partial charge < -0.3 is 4.74 Å². The highest BCUT2D eigenvalue weighted by Crippen LogP contribution is 1.97. The summed E-state index contributed by atoms with van der Waals surface area (Å²) in [6, 6.07) is 0. The number of carbonyl (C=O) groups is 1. The van der Waals surface area contributed by atoms with E-state index >= 15 is 0 Å². The first-order valence-corrected chi connectivity index (χ1v) is 7.26. The normalized spacial score (nSPS) is 13.6. The third-order valence-electron chi connectivity index (χ3n) is 1.23. The quantitative estimate of drug-likeness (QED) is 0.654. The van der Waals surface area contributed by atoms with Crippen LogP contribution < -0.4 is 4.72 Å². The van der Waals surface area contributed by atoms with Gasteiger partial charge in [-0.15, -0.1) is 0 Å². The van der Waals surface area contributed by atoms with Crippen LogP contribution in [0.3, 0.4) is 0 Å². The summed E-state index contributed by atoms with van der Waals surface area (Å²) in [7, 11) is -3.21. The molecule has 0 saturated heterocycles. The van der Waals surface area contributed by atoms with Gasteiger partial charge in [-0.2, -0.15) is 11.8 Å². The molecule has 1 atom stereocenters. The van der Waals surface area contributed by atoms with Gasteiger partial charge in [0.05, 0.1) is 12.0 Å². The van der Waals surface area contributed by atoms with Crippen molar-refractivity contribution < 1.29 is 17.9 Å². The maximum Gasteiger partial charge on any atom is 0.316 e. The zero-order valence-corrected chi connectivity index (χ0v) is 10.1. The lowest BCUT2D eigenvalue weighted by atomic mass is 10.4. The second-order valence-electron chi connectivity index (χ2n) is 2.85. The molecule has 1 N–H and O–H groups in total. The Morgan fingerprint density at radius 3 is 2.57 bits per heavy atom. The zero-order valence-electron chi connectivity index (χ0n) is 8.44. The van der Waals surface area contributed by atoms with E-state index in [1.54, 1.807) is 13.2 Å². The summed E-state index contributed by atoms with van der Waals surface area (Å²) < 4.78 is 28.5. The largest absolute Gasteiger partial charge is 0.461 e. The summed E-state index contributed by atoms with van der Waals surface area (Å²) in [4.78, 5) is 11.0. The van der Waals surface area contributed by atoms with Crippen LogP contribution in [0.1, 0.15) is 6.92 Å². The molecule has 0 radical (unpaired) electrons. The van der Waals surface area contributed by atoms with E-state index in [1.807, 2.05) is 0 Å². The van der Waals surface area contributed by atoms with Crippen LogP contribution in [0.2, 0.25) is 0 Å². The SMILES string of the molecule is CSCC(=O)OC(C)CNS(C)(=O)=O. The third-order valence-corrected chi connectivity index (χ3v) is 2.44. The first kappa shape index (κ1) is 13.7. The van der Waals surface area contributed by atoms with Crippen molar-refractivity contribution in [1.82, 2.24) is 4.72 Å². The Morgan fingerprint density at radius 2 is 2.14 bits per heavy atom. The smallest absolute Gasteiger partial charge is 0.316 e. The van der Waals surface area contributed by atoms with Crippen molar-refractivity contribution in [3.05, 3.63) is 0 Å². The van der Waals surface area contributed by atoms with E-state index in [4.69, 9.17) is 4.74 Å². The number of nitrogens with one attached hydrogen (secondary N) is 1. The van der Waals surface area contributed by atoms with Crippen LogP contribution in [0.5, 0.6) is 0 Å². The van der Waals surface area contributed by atoms with E-state index in [-0.39, 0.29) is 18.3 Å². The molecular formula is C7H15NO4S2. The number of rotatable bonds is 6. The van der Waals surface area contributed by atoms with Crippen LogP contribution in [0.4, 0.5) is 0 Å². The van der Waals surface area contributed by atoms with Gasteiger partial charge in [0.2, 0.25) is 10.0 Å². The molecule has 0 saturated carbocycles. The van der Waals surface area contributed by atoms with Crippen molar-refractivity contribution in [2.75, 3.05) is 24.8 Å². The number of hydrogen-bond donors (Lipinski definition) is 1. The molecule has 0 aliphatic heterocycles. The molecule has 0 aromatic carbocycles. The molecule has 0 fully saturated rings. The van der Waals surface area contributed by atoms with E-state index in [0.29, 0.717) is 0 Å². The molecule has 0 amide bonds. The van der Waals surface area contributed by atoms with E-state index in [9.17, 15) is 13.2 Å². The topological polar surface area (TPSA) is 72.5 Å². The van der Waals surface area contributed by atoms with Crippen molar-refractivity contribution in [3.8, 4) is 0 Å². The molecule has 0 rings (SSSR count). The van der Waals surface area contributed by atoms with Crippen molar-refractivity contribution in [2.24, 2.45) is 0 Å². The Labute approximate surface area is 88.6 Å². The minimum Gasteiger partial charge on any atom is -0.461 e. The van der Waals surface area contributed by atoms with Gasteiger partial charge in [0.25, 0.3) is 0 Å². The van der Waals surface area contributed by atoms with Gasteiger partial charge in [0.1, 0.15) is 6.10 Å². The van der Waals surface area contributed by atoms with E-state index in [2.05, 4.69) is 4.72 Å². The van der Waals surface area contributed by atoms with E-state index < -0.39 is 16.1 Å². The van der Waals surface area contributed by atoms with Gasteiger partial charge in [-0.3, -0.25) is 4.79 Å². The van der Waals surface area contributed by atoms with Crippen LogP contribution in [0.15, 0.2) is 0 Å². The highest BCUT2D eigenvalue weighted by Gasteiger charge is 2.10. The molecule has 7 heteroatoms. The number of thioether (sulfide) groups is 1. The Balaban J connectivity index is 3.76. The lowest BCUT2D eigenvalue weighted by Gasteiger charge is -2.12. The number of hydrogen-bond acceptors (Lipinski definition) is 5. The second-order valence-corrected chi connectivity index (χ2v) is 5.55. The number of esters is 1. The molecule has 1 unspecified atom stereocenters. The van der Waals surface area contributed by atoms with Gasteiger partial charge in [0, 0.05) is 6.54 Å². The minimum absolute atomic E-state index is 0.110. The van der Waals surface area contributed by atoms with Crippen molar-refractivity contribution in [3.63, 3.8) is 0 Å². The Bertz CT molecular complexity index is 275. The molecule has 0 aliphatic carbocycles. The van der Waals surface area contributed by atoms with Gasteiger partial charge in [-0.05, 0) is 13.2 Å². The van der Waals surface area contributed by atoms with Crippen molar-refractivity contribution in [1.29, 1.82) is 0 Å². The molecule has 0 aromatic rings. The van der Waals surface area contributed by atoms with Crippen LogP contribution in [-0.2, 0) is 19.6 Å². The van der Waals surface area contributed by atoms with Crippen molar-refractivity contribution >= 4 is 27.8 Å². The first-order valence-electron chi connectivity index (χ1n) is 3.98. The van der Waals surface area contributed by atoms with Gasteiger partial charge >= 0.3 is 5.97 Å². The number of sulfonamides is 1. The van der Waals surface area contributed by atoms with Crippen LogP contribution in [0.25, 0.3) is 0 Å². The number of ether oxygens (including phenoxy) is 1. The maximum atomic E-state index is 11.0. The number of carbonyl (C=O) groups excluding carboxylic acids is 1. The van der Waals surface area contributed by atoms with Crippen LogP contribution in [0, 0.1) is 0 Å². The average Bonchev–Trinajstić information content (AvgIpc) is 2.00. The molecule has 5 nitrogen and oxygen atoms in total. The van der Waals surface area contributed by atoms with Gasteiger partial charge in [-0.1, -0.05) is 0 Å². The Kier molecular flexibility index (Phi) is 6.14. The van der Waals surface area contributed by atoms with Gasteiger partial charge in [0.15, 0.2) is 0 Å². The summed E-state index contributed by atoms with van der Waals surface area (Å²) in [5.41, 5.74) is 0. The summed E-state index contributed by atoms with van der Waals surface area (Å²) in [5, 5.41) is 0. The summed E-state index contributed by atoms with van der Waals surface area (Å²) in [6.07, 6.45) is 2.41. The van der Waals surface area contributed by atoms with E-state index in [1.165, 1.54) is 11.8 Å². The van der Waals surface area contributed by atoms with Gasteiger partial charge in [-0.25, -0.2) is 13.1 Å². The molecule has 84 valence electrons. The molecule has 0 aromatic heterocycles. The molecule has 0 spiro atoms. The molecule has 0 heterocycles. The lowest BCUT2D eigenvalue weighted by molar-refractivity contribution is -0.144.